The van der Waals surface area contributed by atoms with Crippen LogP contribution in [0.15, 0.2) is 48.6 Å². The fourth-order valence-corrected chi connectivity index (χ4v) is 4.94. The smallest absolute Gasteiger partial charge is 0.416 e. The summed E-state index contributed by atoms with van der Waals surface area (Å²) >= 11 is 1.31. The maximum absolute atomic E-state index is 12.5. The Hall–Kier alpha value is -3.55. The molecule has 1 unspecified atom stereocenters. The second-order valence-corrected chi connectivity index (χ2v) is 11.7. The Morgan fingerprint density at radius 1 is 1.11 bits per heavy atom. The van der Waals surface area contributed by atoms with Gasteiger partial charge in [0.15, 0.2) is 5.12 Å². The number of nitrogens with one attached hydrogen (secondary N) is 1. The summed E-state index contributed by atoms with van der Waals surface area (Å²) in [5.74, 6) is 1.56. The van der Waals surface area contributed by atoms with Gasteiger partial charge in [-0.3, -0.25) is 14.4 Å². The number of benzene rings is 1. The molecule has 1 fully saturated rings. The summed E-state index contributed by atoms with van der Waals surface area (Å²) in [7, 11) is 0. The number of thioether (sulfide) groups is 1. The van der Waals surface area contributed by atoms with Crippen LogP contribution in [0, 0.1) is 16.0 Å². The van der Waals surface area contributed by atoms with Gasteiger partial charge in [-0.25, -0.2) is 0 Å². The highest BCUT2D eigenvalue weighted by Gasteiger charge is 2.30. The average molecular weight is 691 g/mol. The summed E-state index contributed by atoms with van der Waals surface area (Å²) in [5, 5.41) is 11.7. The van der Waals surface area contributed by atoms with Crippen molar-refractivity contribution in [3.05, 3.63) is 64.2 Å². The highest BCUT2D eigenvalue weighted by molar-refractivity contribution is 8.13. The summed E-state index contributed by atoms with van der Waals surface area (Å²) in [5.41, 5.74) is -0.670. The zero-order valence-electron chi connectivity index (χ0n) is 27.5. The van der Waals surface area contributed by atoms with Crippen molar-refractivity contribution in [2.75, 3.05) is 25.6 Å². The van der Waals surface area contributed by atoms with E-state index in [2.05, 4.69) is 33.1 Å². The zero-order chi connectivity index (χ0) is 35.3. The maximum atomic E-state index is 12.5. The molecule has 1 saturated carbocycles. The van der Waals surface area contributed by atoms with Gasteiger partial charge in [0.2, 0.25) is 5.91 Å². The third-order valence-corrected chi connectivity index (χ3v) is 7.57. The number of ether oxygens (including phenoxy) is 2. The van der Waals surface area contributed by atoms with Gasteiger partial charge in [0.25, 0.3) is 11.6 Å². The van der Waals surface area contributed by atoms with Gasteiger partial charge in [0.05, 0.1) is 25.4 Å². The van der Waals surface area contributed by atoms with Gasteiger partial charge in [0, 0.05) is 25.1 Å². The first-order valence-electron chi connectivity index (χ1n) is 15.7. The zero-order valence-corrected chi connectivity index (χ0v) is 28.3. The van der Waals surface area contributed by atoms with Crippen molar-refractivity contribution in [3.8, 4) is 5.75 Å². The number of alkyl halides is 3. The predicted molar refractivity (Wildman–Crippen MR) is 176 cm³/mol. The van der Waals surface area contributed by atoms with E-state index in [1.165, 1.54) is 50.4 Å². The van der Waals surface area contributed by atoms with Crippen LogP contribution in [0.4, 0.5) is 13.2 Å². The molecule has 14 heteroatoms. The highest BCUT2D eigenvalue weighted by Crippen LogP contribution is 2.31. The Morgan fingerprint density at radius 2 is 1.81 bits per heavy atom. The number of unbranched alkanes of at least 4 members (excludes halogenated alkanes) is 2. The van der Waals surface area contributed by atoms with Crippen LogP contribution in [-0.4, -0.2) is 54.2 Å². The molecule has 0 spiro atoms. The van der Waals surface area contributed by atoms with E-state index in [1.54, 1.807) is 6.07 Å². The molecule has 1 aromatic rings. The van der Waals surface area contributed by atoms with Crippen molar-refractivity contribution in [3.63, 3.8) is 0 Å². The molecule has 0 aliphatic heterocycles. The number of halogens is 3. The molecular formula is C33H49F3N2O8S. The molecule has 1 aliphatic rings. The summed E-state index contributed by atoms with van der Waals surface area (Å²) in [6.45, 7) is 6.45. The number of amides is 1. The summed E-state index contributed by atoms with van der Waals surface area (Å²) in [4.78, 5) is 45.3. The quantitative estimate of drug-likeness (QED) is 0.0506. The molecule has 266 valence electrons. The first-order valence-corrected chi connectivity index (χ1v) is 16.7. The van der Waals surface area contributed by atoms with Gasteiger partial charge in [-0.05, 0) is 82.9 Å². The fraction of sp³-hybridized carbons (Fsp3) is 0.606. The first-order chi connectivity index (χ1) is 22.4. The average Bonchev–Trinajstić information content (AvgIpc) is 3.53. The molecule has 1 atom stereocenters. The van der Waals surface area contributed by atoms with E-state index in [-0.39, 0.29) is 36.0 Å². The van der Waals surface area contributed by atoms with E-state index in [9.17, 15) is 37.7 Å². The van der Waals surface area contributed by atoms with Gasteiger partial charge in [0.1, 0.15) is 5.75 Å². The Balaban J connectivity index is 0.000000708. The molecule has 0 bridgehead atoms. The van der Waals surface area contributed by atoms with E-state index in [4.69, 9.17) is 4.74 Å². The summed E-state index contributed by atoms with van der Waals surface area (Å²) < 4.78 is 47.2. The van der Waals surface area contributed by atoms with E-state index >= 15 is 0 Å². The maximum Gasteiger partial charge on any atom is 0.416 e. The molecule has 0 saturated heterocycles. The molecule has 1 aromatic carbocycles. The summed E-state index contributed by atoms with van der Waals surface area (Å²) in [6.07, 6.45) is 13.4. The number of nitrogens with zero attached hydrogens (tertiary/aromatic N) is 1. The van der Waals surface area contributed by atoms with Crippen LogP contribution in [-0.2, 0) is 30.1 Å². The number of allylic oxidation sites excluding steroid dienone is 3. The second kappa shape index (κ2) is 27.6. The van der Waals surface area contributed by atoms with Crippen molar-refractivity contribution >= 4 is 29.3 Å². The molecule has 2 rings (SSSR count). The molecule has 1 amide bonds. The molecule has 0 heterocycles. The van der Waals surface area contributed by atoms with E-state index in [1.807, 2.05) is 19.9 Å². The lowest BCUT2D eigenvalue weighted by Crippen LogP contribution is -2.32. The number of hydrogen-bond donors (Lipinski definition) is 1. The van der Waals surface area contributed by atoms with E-state index in [0.29, 0.717) is 44.0 Å². The van der Waals surface area contributed by atoms with Crippen molar-refractivity contribution in [1.82, 2.24) is 5.32 Å². The molecule has 10 nitrogen and oxygen atoms in total. The van der Waals surface area contributed by atoms with Gasteiger partial charge in [-0.2, -0.15) is 13.2 Å². The molecule has 0 aromatic heterocycles. The van der Waals surface area contributed by atoms with Crippen LogP contribution in [0.25, 0.3) is 0 Å². The summed E-state index contributed by atoms with van der Waals surface area (Å²) in [6, 6.07) is 5.07. The molecule has 47 heavy (non-hydrogen) atoms. The van der Waals surface area contributed by atoms with Gasteiger partial charge < -0.3 is 19.6 Å². The monoisotopic (exact) mass is 690 g/mol. The van der Waals surface area contributed by atoms with Crippen LogP contribution in [0.2, 0.25) is 0 Å². The molecule has 0 radical (unpaired) electrons. The first kappa shape index (κ1) is 43.5. The van der Waals surface area contributed by atoms with Crippen LogP contribution in [0.3, 0.4) is 0 Å². The Kier molecular flexibility index (Phi) is 25.5. The highest BCUT2D eigenvalue weighted by atomic mass is 32.2. The largest absolute Gasteiger partial charge is 0.493 e. The predicted octanol–water partition coefficient (Wildman–Crippen LogP) is 7.89. The number of carbonyl (C=O) groups is 3. The Labute approximate surface area is 280 Å². The third-order valence-electron chi connectivity index (χ3n) is 6.38. The lowest BCUT2D eigenvalue weighted by atomic mass is 10.1. The number of hydrogen-bond acceptors (Lipinski definition) is 9. The third kappa shape index (κ3) is 27.3. The van der Waals surface area contributed by atoms with Crippen LogP contribution in [0.1, 0.15) is 90.5 Å². The van der Waals surface area contributed by atoms with Crippen LogP contribution in [0.5, 0.6) is 5.75 Å². The Morgan fingerprint density at radius 3 is 2.43 bits per heavy atom. The van der Waals surface area contributed by atoms with Crippen LogP contribution < -0.4 is 10.1 Å². The van der Waals surface area contributed by atoms with Crippen molar-refractivity contribution < 1.29 is 47.0 Å². The normalized spacial score (nSPS) is 13.6. The number of rotatable bonds is 19. The second-order valence-electron chi connectivity index (χ2n) is 10.6. The molecule has 1 aliphatic carbocycles. The van der Waals surface area contributed by atoms with Gasteiger partial charge in [-0.15, -0.1) is 10.1 Å². The van der Waals surface area contributed by atoms with E-state index < -0.39 is 16.8 Å². The number of carbonyl (C=O) groups excluding carboxylic acids is 3. The molecular weight excluding hydrogens is 641 g/mol. The lowest BCUT2D eigenvalue weighted by Gasteiger charge is -2.10. The topological polar surface area (TPSA) is 134 Å². The lowest BCUT2D eigenvalue weighted by molar-refractivity contribution is -0.757. The van der Waals surface area contributed by atoms with Crippen molar-refractivity contribution in [2.45, 2.75) is 97.2 Å². The van der Waals surface area contributed by atoms with Gasteiger partial charge in [-0.1, -0.05) is 55.0 Å². The SMILES string of the molecule is C/C=C\CCCC(=O)SCC(C)NC(C)=O.FC(F)(F)c1cccc(OCC/C=C/C2CCCC2)c1.O=COCCCCO[N+](=O)[O-]. The van der Waals surface area contributed by atoms with Crippen molar-refractivity contribution in [1.29, 1.82) is 0 Å². The van der Waals surface area contributed by atoms with Gasteiger partial charge >= 0.3 is 6.18 Å². The molecule has 1 N–H and O–H groups in total. The minimum Gasteiger partial charge on any atom is -0.493 e. The van der Waals surface area contributed by atoms with E-state index in [0.717, 1.165) is 31.4 Å². The minimum atomic E-state index is -4.32. The standard InChI is InChI=1S/C16H19F3O.C12H21NO2S.C5H9NO5/c17-16(18,19)14-9-5-10-15(12-14)20-11-4-3-8-13-6-1-2-7-13;1-4-5-6-7-8-12(15)16-9-10(2)13-11(3)14;7-5-10-3-1-2-4-11-6(8)9/h3,5,8-10,12-13H,1-2,4,6-7,11H2;4-5,10H,6-9H2,1-3H3,(H,13,14);5H,1-4H2/b8-3+;5-4-;. The Bertz CT molecular complexity index is 1080. The fourth-order valence-electron chi connectivity index (χ4n) is 4.13. The minimum absolute atomic E-state index is 0.0476. The van der Waals surface area contributed by atoms with Crippen LogP contribution >= 0.6 is 11.8 Å². The van der Waals surface area contributed by atoms with Crippen molar-refractivity contribution in [2.24, 2.45) is 5.92 Å².